The summed E-state index contributed by atoms with van der Waals surface area (Å²) in [5.74, 6) is -0.281. The molecule has 3 aromatic rings. The SMILES string of the molecule is CN1CCCN(C2CCN(c3ccc(Nc4ncc(Cl)c(Nc5ccsc5C(N)=O)n4)c(OC(F)F)c3)CC2)CC1. The Morgan fingerprint density at radius 2 is 1.93 bits per heavy atom. The number of thiophene rings is 1. The summed E-state index contributed by atoms with van der Waals surface area (Å²) < 4.78 is 31.7. The van der Waals surface area contributed by atoms with Crippen molar-refractivity contribution in [3.63, 3.8) is 0 Å². The molecule has 1 amide bonds. The Kier molecular flexibility index (Phi) is 9.38. The van der Waals surface area contributed by atoms with Crippen LogP contribution in [0.15, 0.2) is 35.8 Å². The molecule has 0 bridgehead atoms. The molecule has 4 N–H and O–H groups in total. The van der Waals surface area contributed by atoms with Crippen molar-refractivity contribution in [3.05, 3.63) is 45.7 Å². The van der Waals surface area contributed by atoms with Gasteiger partial charge in [-0.15, -0.1) is 11.3 Å². The van der Waals surface area contributed by atoms with Crippen LogP contribution >= 0.6 is 22.9 Å². The molecule has 10 nitrogen and oxygen atoms in total. The number of hydrogen-bond acceptors (Lipinski definition) is 10. The largest absolute Gasteiger partial charge is 0.433 e. The van der Waals surface area contributed by atoms with Gasteiger partial charge in [-0.25, -0.2) is 4.98 Å². The average molecular weight is 607 g/mol. The molecule has 2 aliphatic heterocycles. The van der Waals surface area contributed by atoms with E-state index in [1.165, 1.54) is 24.0 Å². The molecule has 2 saturated heterocycles. The highest BCUT2D eigenvalue weighted by molar-refractivity contribution is 7.12. The number of nitrogens with zero attached hydrogens (tertiary/aromatic N) is 5. The van der Waals surface area contributed by atoms with Crippen LogP contribution in [0.2, 0.25) is 5.02 Å². The number of rotatable bonds is 9. The summed E-state index contributed by atoms with van der Waals surface area (Å²) in [7, 11) is 2.17. The number of nitrogens with one attached hydrogen (secondary N) is 2. The van der Waals surface area contributed by atoms with E-state index in [2.05, 4.69) is 42.3 Å². The monoisotopic (exact) mass is 606 g/mol. The second kappa shape index (κ2) is 13.1. The first-order valence-electron chi connectivity index (χ1n) is 13.5. The topological polar surface area (TPSA) is 112 Å². The lowest BCUT2D eigenvalue weighted by Crippen LogP contribution is -2.46. The van der Waals surface area contributed by atoms with Crippen molar-refractivity contribution in [3.8, 4) is 5.75 Å². The molecule has 0 saturated carbocycles. The predicted octanol–water partition coefficient (Wildman–Crippen LogP) is 4.99. The number of anilines is 5. The number of piperidine rings is 1. The van der Waals surface area contributed by atoms with Gasteiger partial charge in [0.15, 0.2) is 11.6 Å². The molecule has 0 atom stereocenters. The number of likely N-dealkylation sites (N-methyl/N-ethyl adjacent to an activating group) is 1. The Balaban J connectivity index is 1.29. The molecule has 0 radical (unpaired) electrons. The standard InChI is InChI=1S/C27H33ClF2N8O2S/c1-36-8-2-9-37(13-12-36)17-5-10-38(11-6-17)18-3-4-20(22(15-18)40-26(29)30)34-27-32-16-19(28)25(35-27)33-21-7-14-41-23(21)24(31)39/h3-4,7,14-17,26H,2,5-6,8-13H2,1H3,(H2,31,39)(H2,32,33,34,35). The highest BCUT2D eigenvalue weighted by Gasteiger charge is 2.26. The first-order chi connectivity index (χ1) is 19.8. The van der Waals surface area contributed by atoms with Gasteiger partial charge in [-0.3, -0.25) is 9.69 Å². The predicted molar refractivity (Wildman–Crippen MR) is 158 cm³/mol. The van der Waals surface area contributed by atoms with Gasteiger partial charge in [0.25, 0.3) is 5.91 Å². The lowest BCUT2D eigenvalue weighted by molar-refractivity contribution is -0.0493. The molecular weight excluding hydrogens is 574 g/mol. The van der Waals surface area contributed by atoms with Crippen molar-refractivity contribution in [1.29, 1.82) is 0 Å². The molecule has 220 valence electrons. The van der Waals surface area contributed by atoms with Crippen molar-refractivity contribution < 1.29 is 18.3 Å². The van der Waals surface area contributed by atoms with Gasteiger partial charge in [0.05, 0.1) is 17.6 Å². The Morgan fingerprint density at radius 3 is 2.68 bits per heavy atom. The normalized spacial score (nSPS) is 17.4. The van der Waals surface area contributed by atoms with E-state index in [-0.39, 0.29) is 28.2 Å². The summed E-state index contributed by atoms with van der Waals surface area (Å²) >= 11 is 7.45. The van der Waals surface area contributed by atoms with Crippen LogP contribution in [0.1, 0.15) is 28.9 Å². The van der Waals surface area contributed by atoms with Gasteiger partial charge >= 0.3 is 6.61 Å². The summed E-state index contributed by atoms with van der Waals surface area (Å²) in [6.45, 7) is 3.08. The number of amides is 1. The van der Waals surface area contributed by atoms with Crippen LogP contribution in [0.4, 0.5) is 37.6 Å². The third-order valence-electron chi connectivity index (χ3n) is 7.41. The van der Waals surface area contributed by atoms with Gasteiger partial charge in [0.2, 0.25) is 5.95 Å². The lowest BCUT2D eigenvalue weighted by atomic mass is 10.0. The summed E-state index contributed by atoms with van der Waals surface area (Å²) in [6.07, 6.45) is 4.58. The minimum atomic E-state index is -3.01. The number of halogens is 3. The van der Waals surface area contributed by atoms with Gasteiger partial charge in [0.1, 0.15) is 9.90 Å². The zero-order valence-electron chi connectivity index (χ0n) is 22.7. The van der Waals surface area contributed by atoms with E-state index in [0.29, 0.717) is 16.6 Å². The van der Waals surface area contributed by atoms with Gasteiger partial charge in [-0.05, 0) is 63.0 Å². The molecule has 1 aromatic carbocycles. The van der Waals surface area contributed by atoms with Gasteiger partial charge < -0.3 is 30.9 Å². The number of aromatic nitrogens is 2. The third-order valence-corrected chi connectivity index (χ3v) is 8.62. The van der Waals surface area contributed by atoms with Crippen LogP contribution in [-0.2, 0) is 0 Å². The maximum absolute atomic E-state index is 13.4. The highest BCUT2D eigenvalue weighted by atomic mass is 35.5. The molecule has 14 heteroatoms. The molecule has 0 unspecified atom stereocenters. The summed E-state index contributed by atoms with van der Waals surface area (Å²) in [5, 5.41) is 7.85. The van der Waals surface area contributed by atoms with Crippen molar-refractivity contribution in [2.24, 2.45) is 5.73 Å². The van der Waals surface area contributed by atoms with E-state index in [9.17, 15) is 13.6 Å². The second-order valence-corrected chi connectivity index (χ2v) is 11.5. The Bertz CT molecular complexity index is 1350. The van der Waals surface area contributed by atoms with Crippen LogP contribution in [0, 0.1) is 0 Å². The van der Waals surface area contributed by atoms with Crippen LogP contribution in [0.5, 0.6) is 5.75 Å². The number of benzene rings is 1. The average Bonchev–Trinajstić information content (AvgIpc) is 3.31. The molecular formula is C27H33ClF2N8O2S. The number of ether oxygens (including phenoxy) is 1. The van der Waals surface area contributed by atoms with Crippen LogP contribution in [-0.4, -0.2) is 84.6 Å². The first-order valence-corrected chi connectivity index (χ1v) is 14.7. The molecule has 0 spiro atoms. The van der Waals surface area contributed by atoms with Crippen LogP contribution in [0.3, 0.4) is 0 Å². The maximum atomic E-state index is 13.4. The van der Waals surface area contributed by atoms with Crippen LogP contribution in [0.25, 0.3) is 0 Å². The van der Waals surface area contributed by atoms with E-state index in [1.54, 1.807) is 23.6 Å². The molecule has 0 aliphatic carbocycles. The van der Waals surface area contributed by atoms with Gasteiger partial charge in [-0.2, -0.15) is 13.8 Å². The first kappa shape index (κ1) is 29.2. The molecule has 2 aromatic heterocycles. The number of alkyl halides is 2. The zero-order valence-corrected chi connectivity index (χ0v) is 24.2. The van der Waals surface area contributed by atoms with Gasteiger partial charge in [-0.1, -0.05) is 11.6 Å². The summed E-state index contributed by atoms with van der Waals surface area (Å²) in [5.41, 5.74) is 6.97. The zero-order chi connectivity index (χ0) is 28.9. The molecule has 5 rings (SSSR count). The Hall–Kier alpha value is -3.26. The van der Waals surface area contributed by atoms with E-state index < -0.39 is 12.5 Å². The summed E-state index contributed by atoms with van der Waals surface area (Å²) in [4.78, 5) is 27.7. The summed E-state index contributed by atoms with van der Waals surface area (Å²) in [6, 6.07) is 7.39. The van der Waals surface area contributed by atoms with Crippen molar-refractivity contribution in [1.82, 2.24) is 19.8 Å². The fourth-order valence-corrected chi connectivity index (χ4v) is 6.13. The number of hydrogen-bond donors (Lipinski definition) is 3. The van der Waals surface area contributed by atoms with E-state index in [0.717, 1.165) is 57.8 Å². The molecule has 2 fully saturated rings. The van der Waals surface area contributed by atoms with Crippen LogP contribution < -0.4 is 26.0 Å². The third kappa shape index (κ3) is 7.34. The number of carbonyl (C=O) groups is 1. The van der Waals surface area contributed by atoms with E-state index in [4.69, 9.17) is 22.1 Å². The smallest absolute Gasteiger partial charge is 0.387 e. The van der Waals surface area contributed by atoms with Crippen molar-refractivity contribution >= 4 is 57.7 Å². The number of carbonyl (C=O) groups excluding carboxylic acids is 1. The minimum absolute atomic E-state index is 0.0166. The molecule has 4 heterocycles. The van der Waals surface area contributed by atoms with Gasteiger partial charge in [0, 0.05) is 44.0 Å². The fourth-order valence-electron chi connectivity index (χ4n) is 5.29. The minimum Gasteiger partial charge on any atom is -0.433 e. The molecule has 41 heavy (non-hydrogen) atoms. The van der Waals surface area contributed by atoms with Crippen molar-refractivity contribution in [2.45, 2.75) is 31.9 Å². The number of primary amides is 1. The fraction of sp³-hybridized carbons (Fsp3) is 0.444. The maximum Gasteiger partial charge on any atom is 0.387 e. The Labute approximate surface area is 246 Å². The number of nitrogens with two attached hydrogens (primary N) is 1. The lowest BCUT2D eigenvalue weighted by Gasteiger charge is -2.39. The molecule has 2 aliphatic rings. The highest BCUT2D eigenvalue weighted by Crippen LogP contribution is 2.35. The van der Waals surface area contributed by atoms with E-state index in [1.807, 2.05) is 6.07 Å². The second-order valence-electron chi connectivity index (χ2n) is 10.1. The Morgan fingerprint density at radius 1 is 1.12 bits per heavy atom. The van der Waals surface area contributed by atoms with E-state index >= 15 is 0 Å². The van der Waals surface area contributed by atoms with Crippen molar-refractivity contribution in [2.75, 3.05) is 61.8 Å². The quantitative estimate of drug-likeness (QED) is 0.310.